The van der Waals surface area contributed by atoms with E-state index in [0.717, 1.165) is 39.9 Å². The Balaban J connectivity index is 1.39. The molecular weight excluding hydrogens is 438 g/mol. The van der Waals surface area contributed by atoms with Crippen LogP contribution in [0.25, 0.3) is 10.2 Å². The average Bonchev–Trinajstić information content (AvgIpc) is 3.45. The first-order chi connectivity index (χ1) is 15.7. The van der Waals surface area contributed by atoms with Crippen LogP contribution in [0.1, 0.15) is 46.0 Å². The largest absolute Gasteiger partial charge is 0.330 e. The van der Waals surface area contributed by atoms with E-state index in [0.29, 0.717) is 31.8 Å². The molecule has 4 aromatic rings. The fraction of sp³-hybridized carbons (Fsp3) is 0.320. The van der Waals surface area contributed by atoms with Crippen LogP contribution < -0.4 is 5.56 Å². The lowest BCUT2D eigenvalue weighted by molar-refractivity contribution is -0.132. The quantitative estimate of drug-likeness (QED) is 0.415. The van der Waals surface area contributed by atoms with Gasteiger partial charge < -0.3 is 9.88 Å². The molecule has 1 N–H and O–H groups in total. The summed E-state index contributed by atoms with van der Waals surface area (Å²) < 4.78 is 0. The topological polar surface area (TPSA) is 66.1 Å². The predicted molar refractivity (Wildman–Crippen MR) is 130 cm³/mol. The molecule has 0 fully saturated rings. The molecular formula is C25H25N3O2S2. The molecule has 0 aliphatic heterocycles. The number of hydrogen-bond acceptors (Lipinski definition) is 5. The van der Waals surface area contributed by atoms with Crippen LogP contribution in [0.3, 0.4) is 0 Å². The van der Waals surface area contributed by atoms with Crippen LogP contribution in [-0.4, -0.2) is 20.8 Å². The molecule has 32 heavy (non-hydrogen) atoms. The number of thiophene rings is 2. The molecule has 0 bridgehead atoms. The lowest BCUT2D eigenvalue weighted by atomic mass is 9.97. The molecule has 1 aliphatic rings. The zero-order valence-corrected chi connectivity index (χ0v) is 19.4. The molecule has 164 valence electrons. The molecule has 7 heteroatoms. The third-order valence-electron chi connectivity index (χ3n) is 5.96. The highest BCUT2D eigenvalue weighted by molar-refractivity contribution is 7.18. The molecule has 1 amide bonds. The van der Waals surface area contributed by atoms with E-state index in [1.807, 2.05) is 52.7 Å². The van der Waals surface area contributed by atoms with Crippen molar-refractivity contribution in [2.24, 2.45) is 0 Å². The number of aryl methyl sites for hydroxylation is 3. The summed E-state index contributed by atoms with van der Waals surface area (Å²) in [5.74, 6) is 0.626. The fourth-order valence-corrected chi connectivity index (χ4v) is 6.34. The van der Waals surface area contributed by atoms with E-state index in [9.17, 15) is 9.59 Å². The number of carbonyl (C=O) groups excluding carboxylic acids is 1. The van der Waals surface area contributed by atoms with E-state index < -0.39 is 0 Å². The van der Waals surface area contributed by atoms with Crippen molar-refractivity contribution in [1.29, 1.82) is 0 Å². The number of carbonyl (C=O) groups is 1. The number of aromatic nitrogens is 2. The molecule has 5 rings (SSSR count). The molecule has 1 aromatic carbocycles. The lowest BCUT2D eigenvalue weighted by Crippen LogP contribution is -2.31. The zero-order valence-electron chi connectivity index (χ0n) is 17.8. The highest BCUT2D eigenvalue weighted by Gasteiger charge is 2.21. The molecule has 0 saturated carbocycles. The number of benzene rings is 1. The van der Waals surface area contributed by atoms with Gasteiger partial charge in [-0.15, -0.1) is 22.7 Å². The summed E-state index contributed by atoms with van der Waals surface area (Å²) in [6.07, 6.45) is 5.42. The second kappa shape index (κ2) is 9.38. The Hall–Kier alpha value is -2.77. The van der Waals surface area contributed by atoms with Crippen LogP contribution in [0.4, 0.5) is 0 Å². The van der Waals surface area contributed by atoms with Crippen molar-refractivity contribution in [2.45, 2.75) is 51.6 Å². The molecule has 3 heterocycles. The van der Waals surface area contributed by atoms with Gasteiger partial charge in [-0.05, 0) is 54.7 Å². The van der Waals surface area contributed by atoms with Crippen molar-refractivity contribution in [3.8, 4) is 0 Å². The molecule has 0 saturated heterocycles. The molecule has 3 aromatic heterocycles. The van der Waals surface area contributed by atoms with Gasteiger partial charge in [0.05, 0.1) is 18.5 Å². The van der Waals surface area contributed by atoms with E-state index in [2.05, 4.69) is 4.98 Å². The Labute approximate surface area is 194 Å². The van der Waals surface area contributed by atoms with Crippen LogP contribution in [0, 0.1) is 0 Å². The molecule has 0 radical (unpaired) electrons. The molecule has 0 unspecified atom stereocenters. The second-order valence-corrected chi connectivity index (χ2v) is 10.3. The highest BCUT2D eigenvalue weighted by Crippen LogP contribution is 2.33. The van der Waals surface area contributed by atoms with Gasteiger partial charge in [0.15, 0.2) is 0 Å². The van der Waals surface area contributed by atoms with Gasteiger partial charge in [0.2, 0.25) is 5.91 Å². The van der Waals surface area contributed by atoms with Crippen LogP contribution in [0.15, 0.2) is 52.6 Å². The minimum atomic E-state index is -0.0720. The van der Waals surface area contributed by atoms with E-state index >= 15 is 0 Å². The van der Waals surface area contributed by atoms with Crippen molar-refractivity contribution < 1.29 is 4.79 Å². The Morgan fingerprint density at radius 2 is 1.91 bits per heavy atom. The summed E-state index contributed by atoms with van der Waals surface area (Å²) in [6, 6.07) is 14.1. The van der Waals surface area contributed by atoms with E-state index in [1.54, 1.807) is 22.7 Å². The van der Waals surface area contributed by atoms with Crippen molar-refractivity contribution in [1.82, 2.24) is 14.9 Å². The summed E-state index contributed by atoms with van der Waals surface area (Å²) in [5.41, 5.74) is 2.26. The fourth-order valence-electron chi connectivity index (χ4n) is 4.34. The number of fused-ring (bicyclic) bond motifs is 3. The Kier molecular flexibility index (Phi) is 6.19. The number of aromatic amines is 1. The first-order valence-corrected chi connectivity index (χ1v) is 12.7. The van der Waals surface area contributed by atoms with Crippen LogP contribution in [0.2, 0.25) is 0 Å². The zero-order chi connectivity index (χ0) is 21.9. The molecule has 0 spiro atoms. The average molecular weight is 464 g/mol. The van der Waals surface area contributed by atoms with Crippen LogP contribution in [-0.2, 0) is 37.1 Å². The van der Waals surface area contributed by atoms with Gasteiger partial charge in [0.1, 0.15) is 10.7 Å². The SMILES string of the molecule is O=C(CCc1ccccc1)N(Cc1nc2sc3c(c2c(=O)[nH]1)CCCC3)Cc1cccs1. The monoisotopic (exact) mass is 463 g/mol. The van der Waals surface area contributed by atoms with Gasteiger partial charge >= 0.3 is 0 Å². The van der Waals surface area contributed by atoms with Crippen molar-refractivity contribution in [3.05, 3.63) is 84.9 Å². The Morgan fingerprint density at radius 3 is 2.72 bits per heavy atom. The maximum absolute atomic E-state index is 13.2. The first kappa shape index (κ1) is 21.1. The summed E-state index contributed by atoms with van der Waals surface area (Å²) >= 11 is 3.28. The number of rotatable bonds is 7. The number of amides is 1. The predicted octanol–water partition coefficient (Wildman–Crippen LogP) is 5.09. The third kappa shape index (κ3) is 4.54. The standard InChI is InChI=1S/C25H25N3O2S2/c29-22(13-12-17-7-2-1-3-8-17)28(15-18-9-6-14-31-18)16-21-26-24(30)23-19-10-4-5-11-20(19)32-25(23)27-21/h1-3,6-9,14H,4-5,10-13,15-16H2,(H,26,27,30). The number of H-pyrrole nitrogens is 1. The second-order valence-electron chi connectivity index (χ2n) is 8.22. The summed E-state index contributed by atoms with van der Waals surface area (Å²) in [7, 11) is 0. The van der Waals surface area contributed by atoms with E-state index in [1.165, 1.54) is 16.9 Å². The van der Waals surface area contributed by atoms with E-state index in [4.69, 9.17) is 4.98 Å². The number of hydrogen-bond donors (Lipinski definition) is 1. The van der Waals surface area contributed by atoms with Gasteiger partial charge in [-0.25, -0.2) is 4.98 Å². The Morgan fingerprint density at radius 1 is 1.06 bits per heavy atom. The minimum Gasteiger partial charge on any atom is -0.330 e. The van der Waals surface area contributed by atoms with Gasteiger partial charge in [0, 0.05) is 16.2 Å². The van der Waals surface area contributed by atoms with Crippen molar-refractivity contribution >= 4 is 38.8 Å². The van der Waals surface area contributed by atoms with Gasteiger partial charge in [0.25, 0.3) is 5.56 Å². The summed E-state index contributed by atoms with van der Waals surface area (Å²) in [5, 5.41) is 2.78. The number of nitrogens with one attached hydrogen (secondary N) is 1. The smallest absolute Gasteiger partial charge is 0.259 e. The van der Waals surface area contributed by atoms with E-state index in [-0.39, 0.29) is 11.5 Å². The van der Waals surface area contributed by atoms with Gasteiger partial charge in [-0.2, -0.15) is 0 Å². The summed E-state index contributed by atoms with van der Waals surface area (Å²) in [4.78, 5) is 38.9. The molecule has 5 nitrogen and oxygen atoms in total. The maximum atomic E-state index is 13.2. The van der Waals surface area contributed by atoms with Crippen LogP contribution >= 0.6 is 22.7 Å². The summed E-state index contributed by atoms with van der Waals surface area (Å²) in [6.45, 7) is 0.827. The third-order valence-corrected chi connectivity index (χ3v) is 8.01. The maximum Gasteiger partial charge on any atom is 0.259 e. The van der Waals surface area contributed by atoms with Gasteiger partial charge in [-0.1, -0.05) is 36.4 Å². The van der Waals surface area contributed by atoms with Crippen molar-refractivity contribution in [3.63, 3.8) is 0 Å². The first-order valence-electron chi connectivity index (χ1n) is 11.0. The van der Waals surface area contributed by atoms with Gasteiger partial charge in [-0.3, -0.25) is 9.59 Å². The molecule has 0 atom stereocenters. The Bertz CT molecular complexity index is 1280. The normalized spacial score (nSPS) is 13.2. The number of nitrogens with zero attached hydrogens (tertiary/aromatic N) is 2. The highest BCUT2D eigenvalue weighted by atomic mass is 32.1. The minimum absolute atomic E-state index is 0.0653. The van der Waals surface area contributed by atoms with Crippen LogP contribution in [0.5, 0.6) is 0 Å². The lowest BCUT2D eigenvalue weighted by Gasteiger charge is -2.22. The van der Waals surface area contributed by atoms with Crippen molar-refractivity contribution in [2.75, 3.05) is 0 Å². The molecule has 1 aliphatic carbocycles.